The summed E-state index contributed by atoms with van der Waals surface area (Å²) >= 11 is 12.9. The number of aryl methyl sites for hydroxylation is 1. The molecule has 1 aromatic heterocycles. The molecule has 46 heavy (non-hydrogen) atoms. The number of nitrogens with zero attached hydrogens (tertiary/aromatic N) is 3. The summed E-state index contributed by atoms with van der Waals surface area (Å²) in [7, 11) is 1.36. The van der Waals surface area contributed by atoms with E-state index in [0.29, 0.717) is 39.8 Å². The van der Waals surface area contributed by atoms with Crippen LogP contribution in [0.1, 0.15) is 85.1 Å². The second kappa shape index (κ2) is 11.7. The maximum atomic E-state index is 16.4. The van der Waals surface area contributed by atoms with Crippen molar-refractivity contribution in [2.24, 2.45) is 5.92 Å². The first-order chi connectivity index (χ1) is 21.8. The zero-order valence-electron chi connectivity index (χ0n) is 24.9. The molecule has 240 valence electrons. The van der Waals surface area contributed by atoms with Crippen molar-refractivity contribution in [1.29, 1.82) is 0 Å². The van der Waals surface area contributed by atoms with Crippen molar-refractivity contribution >= 4 is 51.8 Å². The molecule has 3 aromatic carbocycles. The molecular weight excluding hydrogens is 626 g/mol. The number of fused-ring (bicyclic) bond motifs is 7. The van der Waals surface area contributed by atoms with Crippen LogP contribution < -0.4 is 5.32 Å². The highest BCUT2D eigenvalue weighted by Gasteiger charge is 2.68. The summed E-state index contributed by atoms with van der Waals surface area (Å²) in [6, 6.07) is 15.9. The predicted molar refractivity (Wildman–Crippen MR) is 178 cm³/mol. The van der Waals surface area contributed by atoms with E-state index >= 15 is 4.39 Å². The highest BCUT2D eigenvalue weighted by Crippen LogP contribution is 2.64. The van der Waals surface area contributed by atoms with Crippen molar-refractivity contribution in [3.63, 3.8) is 0 Å². The van der Waals surface area contributed by atoms with Crippen molar-refractivity contribution in [3.05, 3.63) is 93.0 Å². The maximum absolute atomic E-state index is 16.4. The number of aromatic nitrogens is 2. The van der Waals surface area contributed by atoms with Gasteiger partial charge in [-0.25, -0.2) is 14.2 Å². The average Bonchev–Trinajstić information content (AvgIpc) is 3.66. The van der Waals surface area contributed by atoms with Gasteiger partial charge >= 0.3 is 5.97 Å². The molecule has 4 atom stereocenters. The van der Waals surface area contributed by atoms with Gasteiger partial charge in [-0.2, -0.15) is 0 Å². The zero-order chi connectivity index (χ0) is 31.0. The van der Waals surface area contributed by atoms with Crippen molar-refractivity contribution in [1.82, 2.24) is 14.5 Å². The smallest absolute Gasteiger partial charge is 0.337 e. The number of anilines is 1. The van der Waals surface area contributed by atoms with Gasteiger partial charge in [0.15, 0.2) is 0 Å². The van der Waals surface area contributed by atoms with E-state index in [9.17, 15) is 9.59 Å². The summed E-state index contributed by atoms with van der Waals surface area (Å²) in [5, 5.41) is 3.70. The Morgan fingerprint density at radius 2 is 1.89 bits per heavy atom. The molecule has 0 unspecified atom stereocenters. The molecule has 10 heteroatoms. The van der Waals surface area contributed by atoms with E-state index < -0.39 is 23.2 Å². The van der Waals surface area contributed by atoms with Crippen molar-refractivity contribution in [3.8, 4) is 0 Å². The Bertz CT molecular complexity index is 1870. The lowest BCUT2D eigenvalue weighted by atomic mass is 9.70. The molecule has 1 saturated heterocycles. The Kier molecular flexibility index (Phi) is 7.89. The molecular formula is C36H37Cl2FN4O3. The van der Waals surface area contributed by atoms with Crippen LogP contribution in [0.25, 0.3) is 11.0 Å². The van der Waals surface area contributed by atoms with Crippen LogP contribution in [0.4, 0.5) is 10.1 Å². The Morgan fingerprint density at radius 1 is 1.09 bits per heavy atom. The van der Waals surface area contributed by atoms with Gasteiger partial charge in [-0.15, -0.1) is 0 Å². The monoisotopic (exact) mass is 662 g/mol. The number of hydrogen-bond acceptors (Lipinski definition) is 5. The summed E-state index contributed by atoms with van der Waals surface area (Å²) in [4.78, 5) is 34.7. The van der Waals surface area contributed by atoms with Crippen LogP contribution in [0.5, 0.6) is 0 Å². The Morgan fingerprint density at radius 3 is 2.67 bits per heavy atom. The minimum atomic E-state index is -1.21. The first-order valence-electron chi connectivity index (χ1n) is 15.7. The third-order valence-electron chi connectivity index (χ3n) is 10.7. The standard InChI is InChI=1S/C35H33Cl2FN4O3.CH4/c1-45-33(43)20-10-13-27-26(16-20)39-32-29-28(14-15-41(27)32)42(18-19-6-3-2-4-7-19)35(30(29)22-8-5-9-24(37)31(22)38)23-12-11-21(36)17-25(23)40-34(35)44;/h5,8-13,16-17,19,28-30H,2-4,6-7,14-15,18H2,1H3,(H,40,44);1H4/t28-,29+,30-,35+;/m0./s1. The number of imidazole rings is 1. The molecule has 1 saturated carbocycles. The van der Waals surface area contributed by atoms with E-state index in [1.165, 1.54) is 26.4 Å². The van der Waals surface area contributed by atoms with E-state index in [4.69, 9.17) is 32.9 Å². The third-order valence-corrected chi connectivity index (χ3v) is 11.2. The molecule has 1 amide bonds. The van der Waals surface area contributed by atoms with E-state index in [0.717, 1.165) is 42.7 Å². The van der Waals surface area contributed by atoms with Gasteiger partial charge in [-0.3, -0.25) is 9.69 Å². The number of halogens is 3. The second-order valence-corrected chi connectivity index (χ2v) is 13.7. The van der Waals surface area contributed by atoms with Crippen LogP contribution >= 0.6 is 23.2 Å². The van der Waals surface area contributed by atoms with Crippen LogP contribution in [0, 0.1) is 11.7 Å². The fourth-order valence-electron chi connectivity index (χ4n) is 8.91. The molecule has 4 aliphatic rings. The molecule has 3 aliphatic heterocycles. The number of benzene rings is 3. The zero-order valence-corrected chi connectivity index (χ0v) is 26.4. The molecule has 1 N–H and O–H groups in total. The number of esters is 1. The van der Waals surface area contributed by atoms with Gasteiger partial charge in [-0.1, -0.05) is 68.1 Å². The fourth-order valence-corrected chi connectivity index (χ4v) is 9.26. The molecule has 8 rings (SSSR count). The fraction of sp³-hybridized carbons (Fsp3) is 0.417. The van der Waals surface area contributed by atoms with Crippen molar-refractivity contribution in [2.45, 2.75) is 75.9 Å². The van der Waals surface area contributed by atoms with Crippen LogP contribution in [-0.4, -0.2) is 46.0 Å². The van der Waals surface area contributed by atoms with E-state index in [-0.39, 0.29) is 30.3 Å². The molecule has 0 bridgehead atoms. The third kappa shape index (κ3) is 4.44. The van der Waals surface area contributed by atoms with Gasteiger partial charge in [0.05, 0.1) is 28.7 Å². The number of ether oxygens (including phenoxy) is 1. The average molecular weight is 664 g/mol. The number of likely N-dealkylation sites (tertiary alicyclic amines) is 1. The predicted octanol–water partition coefficient (Wildman–Crippen LogP) is 8.29. The lowest BCUT2D eigenvalue weighted by molar-refractivity contribution is -0.128. The van der Waals surface area contributed by atoms with Gasteiger partial charge in [-0.05, 0) is 67.1 Å². The number of carbonyl (C=O) groups excluding carboxylic acids is 2. The highest BCUT2D eigenvalue weighted by molar-refractivity contribution is 6.31. The first-order valence-corrected chi connectivity index (χ1v) is 16.5. The molecule has 1 aliphatic carbocycles. The number of nitrogens with one attached hydrogen (secondary N) is 1. The number of methoxy groups -OCH3 is 1. The van der Waals surface area contributed by atoms with Crippen LogP contribution in [0.2, 0.25) is 10.0 Å². The molecule has 4 aromatic rings. The van der Waals surface area contributed by atoms with Crippen molar-refractivity contribution in [2.75, 3.05) is 19.0 Å². The number of hydrogen-bond donors (Lipinski definition) is 1. The Hall–Kier alpha value is -3.46. The quantitative estimate of drug-likeness (QED) is 0.223. The Balaban J connectivity index is 0.00000338. The van der Waals surface area contributed by atoms with E-state index in [1.54, 1.807) is 36.4 Å². The normalized spacial score (nSPS) is 25.6. The van der Waals surface area contributed by atoms with Crippen LogP contribution in [-0.2, 0) is 21.6 Å². The van der Waals surface area contributed by atoms with Crippen molar-refractivity contribution < 1.29 is 18.7 Å². The minimum Gasteiger partial charge on any atom is -0.465 e. The minimum absolute atomic E-state index is 0. The van der Waals surface area contributed by atoms with E-state index in [2.05, 4.69) is 14.8 Å². The summed E-state index contributed by atoms with van der Waals surface area (Å²) < 4.78 is 23.5. The van der Waals surface area contributed by atoms with Crippen LogP contribution in [0.15, 0.2) is 54.6 Å². The van der Waals surface area contributed by atoms with Gasteiger partial charge < -0.3 is 14.6 Å². The van der Waals surface area contributed by atoms with Gasteiger partial charge in [0.25, 0.3) is 0 Å². The van der Waals surface area contributed by atoms with Gasteiger partial charge in [0.1, 0.15) is 17.2 Å². The summed E-state index contributed by atoms with van der Waals surface area (Å²) in [5.74, 6) is -0.890. The maximum Gasteiger partial charge on any atom is 0.337 e. The van der Waals surface area contributed by atoms with Gasteiger partial charge in [0.2, 0.25) is 5.91 Å². The van der Waals surface area contributed by atoms with Crippen LogP contribution in [0.3, 0.4) is 0 Å². The molecule has 4 heterocycles. The molecule has 0 radical (unpaired) electrons. The second-order valence-electron chi connectivity index (χ2n) is 12.9. The molecule has 2 fully saturated rings. The largest absolute Gasteiger partial charge is 0.465 e. The number of rotatable bonds is 4. The number of amides is 1. The summed E-state index contributed by atoms with van der Waals surface area (Å²) in [6.45, 7) is 1.41. The lowest BCUT2D eigenvalue weighted by Crippen LogP contribution is -2.53. The topological polar surface area (TPSA) is 76.5 Å². The lowest BCUT2D eigenvalue weighted by Gasteiger charge is -2.42. The first kappa shape index (κ1) is 31.2. The van der Waals surface area contributed by atoms with E-state index in [1.807, 2.05) is 18.2 Å². The number of carbonyl (C=O) groups is 2. The highest BCUT2D eigenvalue weighted by atomic mass is 35.5. The molecule has 7 nitrogen and oxygen atoms in total. The summed E-state index contributed by atoms with van der Waals surface area (Å²) in [5.41, 5.74) is 2.63. The molecule has 1 spiro atoms. The van der Waals surface area contributed by atoms with Gasteiger partial charge in [0, 0.05) is 47.2 Å². The summed E-state index contributed by atoms with van der Waals surface area (Å²) in [6.07, 6.45) is 6.52. The SMILES string of the molecule is C.COC(=O)c1ccc2c(c1)nc1n2CC[C@H]2[C@@H]1[C@H](c1cccc(Cl)c1F)[C@]1(C(=O)Nc3cc(Cl)ccc31)N2CC1CCCCC1. The Labute approximate surface area is 278 Å².